The number of amides is 3. The summed E-state index contributed by atoms with van der Waals surface area (Å²) in [7, 11) is 0. The van der Waals surface area contributed by atoms with Gasteiger partial charge in [-0.3, -0.25) is 15.0 Å². The summed E-state index contributed by atoms with van der Waals surface area (Å²) in [5.41, 5.74) is 1.69. The smallest absolute Gasteiger partial charge is 0.413 e. The number of aromatic nitrogens is 2. The minimum atomic E-state index is -0.984. The number of nitrogens with one attached hydrogen (secondary N) is 2. The van der Waals surface area contributed by atoms with Crippen molar-refractivity contribution >= 4 is 29.6 Å². The molecular formula is C19H21N5O5. The Balaban J connectivity index is 1.61. The van der Waals surface area contributed by atoms with Crippen LogP contribution in [0, 0.1) is 0 Å². The number of carboxylic acid groups (broad SMARTS) is 1. The molecule has 2 heterocycles. The minimum absolute atomic E-state index is 0.0624. The lowest BCUT2D eigenvalue weighted by atomic mass is 10.1. The molecule has 3 N–H and O–H groups in total. The second-order valence-corrected chi connectivity index (χ2v) is 7.49. The molecule has 29 heavy (non-hydrogen) atoms. The van der Waals surface area contributed by atoms with Crippen molar-refractivity contribution in [1.82, 2.24) is 14.9 Å². The molecule has 1 aliphatic heterocycles. The molecule has 1 aromatic heterocycles. The molecule has 152 valence electrons. The van der Waals surface area contributed by atoms with Crippen LogP contribution in [-0.4, -0.2) is 43.7 Å². The van der Waals surface area contributed by atoms with Gasteiger partial charge in [0, 0.05) is 18.8 Å². The lowest BCUT2D eigenvalue weighted by molar-refractivity contribution is 0.0635. The number of nitrogens with zero attached hydrogens (tertiary/aromatic N) is 3. The Labute approximate surface area is 166 Å². The van der Waals surface area contributed by atoms with Crippen molar-refractivity contribution in [2.24, 2.45) is 0 Å². The van der Waals surface area contributed by atoms with E-state index in [1.807, 2.05) is 0 Å². The summed E-state index contributed by atoms with van der Waals surface area (Å²) in [6, 6.07) is 5.23. The van der Waals surface area contributed by atoms with Gasteiger partial charge in [-0.25, -0.2) is 19.6 Å². The van der Waals surface area contributed by atoms with Crippen LogP contribution in [0.15, 0.2) is 30.6 Å². The van der Waals surface area contributed by atoms with E-state index in [-0.39, 0.29) is 18.1 Å². The summed E-state index contributed by atoms with van der Waals surface area (Å²) in [5.74, 6) is -0.323. The van der Waals surface area contributed by atoms with Crippen molar-refractivity contribution in [1.29, 1.82) is 0 Å². The van der Waals surface area contributed by atoms with E-state index < -0.39 is 23.7 Å². The second kappa shape index (κ2) is 7.74. The van der Waals surface area contributed by atoms with Gasteiger partial charge in [-0.2, -0.15) is 0 Å². The Kier molecular flexibility index (Phi) is 5.35. The van der Waals surface area contributed by atoms with Gasteiger partial charge in [0.15, 0.2) is 5.82 Å². The van der Waals surface area contributed by atoms with Crippen molar-refractivity contribution in [3.05, 3.63) is 47.4 Å². The highest BCUT2D eigenvalue weighted by Crippen LogP contribution is 2.26. The summed E-state index contributed by atoms with van der Waals surface area (Å²) in [5, 5.41) is 14.2. The van der Waals surface area contributed by atoms with Gasteiger partial charge in [-0.05, 0) is 44.0 Å². The van der Waals surface area contributed by atoms with Crippen LogP contribution in [-0.2, 0) is 17.8 Å². The zero-order valence-electron chi connectivity index (χ0n) is 16.2. The van der Waals surface area contributed by atoms with Crippen molar-refractivity contribution in [2.45, 2.75) is 39.5 Å². The van der Waals surface area contributed by atoms with Gasteiger partial charge < -0.3 is 15.2 Å². The molecule has 10 heteroatoms. The number of carbonyl (C=O) groups is 3. The SMILES string of the molecule is CC(C)(C)OC(=O)Nc1cnc(C(=O)Nc2ccc3c(c2)CN(C(=O)O)C3)cn1. The van der Waals surface area contributed by atoms with Gasteiger partial charge in [0.1, 0.15) is 11.3 Å². The van der Waals surface area contributed by atoms with Gasteiger partial charge in [0.05, 0.1) is 12.4 Å². The first-order valence-electron chi connectivity index (χ1n) is 8.84. The molecule has 0 spiro atoms. The van der Waals surface area contributed by atoms with Crippen LogP contribution >= 0.6 is 0 Å². The van der Waals surface area contributed by atoms with E-state index in [1.165, 1.54) is 17.3 Å². The first kappa shape index (κ1) is 20.1. The zero-order valence-corrected chi connectivity index (χ0v) is 16.2. The van der Waals surface area contributed by atoms with Crippen LogP contribution in [0.1, 0.15) is 42.4 Å². The van der Waals surface area contributed by atoms with Crippen molar-refractivity contribution in [2.75, 3.05) is 10.6 Å². The monoisotopic (exact) mass is 399 g/mol. The molecule has 2 aromatic rings. The van der Waals surface area contributed by atoms with Crippen LogP contribution in [0.3, 0.4) is 0 Å². The zero-order chi connectivity index (χ0) is 21.2. The Morgan fingerprint density at radius 3 is 2.41 bits per heavy atom. The molecule has 0 atom stereocenters. The largest absolute Gasteiger partial charge is 0.465 e. The number of hydrogen-bond acceptors (Lipinski definition) is 6. The molecule has 3 rings (SSSR count). The van der Waals surface area contributed by atoms with E-state index in [2.05, 4.69) is 20.6 Å². The number of rotatable bonds is 3. The second-order valence-electron chi connectivity index (χ2n) is 7.49. The molecule has 1 aromatic carbocycles. The number of ether oxygens (including phenoxy) is 1. The van der Waals surface area contributed by atoms with E-state index in [9.17, 15) is 14.4 Å². The highest BCUT2D eigenvalue weighted by atomic mass is 16.6. The number of anilines is 2. The summed E-state index contributed by atoms with van der Waals surface area (Å²) >= 11 is 0. The van der Waals surface area contributed by atoms with Gasteiger partial charge in [-0.15, -0.1) is 0 Å². The summed E-state index contributed by atoms with van der Waals surface area (Å²) in [6.45, 7) is 5.83. The van der Waals surface area contributed by atoms with Crippen molar-refractivity contribution < 1.29 is 24.2 Å². The van der Waals surface area contributed by atoms with E-state index in [4.69, 9.17) is 9.84 Å². The lowest BCUT2D eigenvalue weighted by Crippen LogP contribution is -2.27. The predicted molar refractivity (Wildman–Crippen MR) is 104 cm³/mol. The van der Waals surface area contributed by atoms with Crippen LogP contribution in [0.4, 0.5) is 21.1 Å². The van der Waals surface area contributed by atoms with Crippen molar-refractivity contribution in [3.63, 3.8) is 0 Å². The number of carbonyl (C=O) groups excluding carboxylic acids is 2. The fraction of sp³-hybridized carbons (Fsp3) is 0.316. The fourth-order valence-corrected chi connectivity index (χ4v) is 2.72. The topological polar surface area (TPSA) is 134 Å². The summed E-state index contributed by atoms with van der Waals surface area (Å²) in [4.78, 5) is 44.5. The highest BCUT2D eigenvalue weighted by Gasteiger charge is 2.23. The molecule has 0 saturated carbocycles. The third-order valence-corrected chi connectivity index (χ3v) is 3.97. The highest BCUT2D eigenvalue weighted by molar-refractivity contribution is 6.02. The van der Waals surface area contributed by atoms with E-state index in [0.29, 0.717) is 12.2 Å². The maximum absolute atomic E-state index is 12.4. The Morgan fingerprint density at radius 2 is 1.79 bits per heavy atom. The summed E-state index contributed by atoms with van der Waals surface area (Å²) < 4.78 is 5.12. The minimum Gasteiger partial charge on any atom is -0.465 e. The molecule has 0 aliphatic carbocycles. The van der Waals surface area contributed by atoms with Crippen LogP contribution in [0.25, 0.3) is 0 Å². The molecule has 3 amide bonds. The molecule has 0 saturated heterocycles. The van der Waals surface area contributed by atoms with Gasteiger partial charge in [-0.1, -0.05) is 6.07 Å². The molecular weight excluding hydrogens is 378 g/mol. The maximum Gasteiger partial charge on any atom is 0.413 e. The van der Waals surface area contributed by atoms with Crippen molar-refractivity contribution in [3.8, 4) is 0 Å². The molecule has 0 bridgehead atoms. The average Bonchev–Trinajstić information content (AvgIpc) is 3.04. The Bertz CT molecular complexity index is 952. The molecule has 0 fully saturated rings. The number of hydrogen-bond donors (Lipinski definition) is 3. The third kappa shape index (κ3) is 5.18. The molecule has 0 radical (unpaired) electrons. The van der Waals surface area contributed by atoms with Gasteiger partial charge in [0.2, 0.25) is 0 Å². The Hall–Kier alpha value is -3.69. The van der Waals surface area contributed by atoms with E-state index in [1.54, 1.807) is 39.0 Å². The normalized spacial score (nSPS) is 12.9. The lowest BCUT2D eigenvalue weighted by Gasteiger charge is -2.19. The van der Waals surface area contributed by atoms with Gasteiger partial charge in [0.25, 0.3) is 5.91 Å². The van der Waals surface area contributed by atoms with Crippen LogP contribution in [0.2, 0.25) is 0 Å². The number of benzene rings is 1. The average molecular weight is 399 g/mol. The van der Waals surface area contributed by atoms with E-state index >= 15 is 0 Å². The maximum atomic E-state index is 12.4. The number of fused-ring (bicyclic) bond motifs is 1. The first-order chi connectivity index (χ1) is 13.6. The Morgan fingerprint density at radius 1 is 1.07 bits per heavy atom. The van der Waals surface area contributed by atoms with Crippen LogP contribution < -0.4 is 10.6 Å². The quantitative estimate of drug-likeness (QED) is 0.722. The van der Waals surface area contributed by atoms with E-state index in [0.717, 1.165) is 11.1 Å². The standard InChI is InChI=1S/C19H21N5O5/c1-19(2,3)29-17(26)23-15-8-20-14(7-21-15)16(25)22-13-5-4-11-9-24(18(27)28)10-12(11)6-13/h4-8H,9-10H2,1-3H3,(H,22,25)(H,27,28)(H,21,23,26). The molecule has 0 unspecified atom stereocenters. The summed E-state index contributed by atoms with van der Waals surface area (Å²) in [6.07, 6.45) is 0.841. The molecule has 10 nitrogen and oxygen atoms in total. The van der Waals surface area contributed by atoms with Crippen LogP contribution in [0.5, 0.6) is 0 Å². The van der Waals surface area contributed by atoms with Gasteiger partial charge >= 0.3 is 12.2 Å². The predicted octanol–water partition coefficient (Wildman–Crippen LogP) is 3.07. The fourth-order valence-electron chi connectivity index (χ4n) is 2.72. The first-order valence-corrected chi connectivity index (χ1v) is 8.84. The third-order valence-electron chi connectivity index (χ3n) is 3.97. The molecule has 1 aliphatic rings.